The lowest BCUT2D eigenvalue weighted by atomic mass is 9.88. The number of nitrogens with zero attached hydrogens (tertiary/aromatic N) is 1. The first kappa shape index (κ1) is 21.4. The Morgan fingerprint density at radius 3 is 2.15 bits per heavy atom. The van der Waals surface area contributed by atoms with Crippen LogP contribution >= 0.6 is 0 Å². The van der Waals surface area contributed by atoms with Crippen molar-refractivity contribution in [1.29, 1.82) is 0 Å². The van der Waals surface area contributed by atoms with Gasteiger partial charge < -0.3 is 10.2 Å². The van der Waals surface area contributed by atoms with Crippen LogP contribution < -0.4 is 10.2 Å². The molecule has 2 amide bonds. The van der Waals surface area contributed by atoms with Crippen molar-refractivity contribution in [2.45, 2.75) is 44.4 Å². The van der Waals surface area contributed by atoms with Crippen molar-refractivity contribution in [3.8, 4) is 0 Å². The number of anilines is 2. The van der Waals surface area contributed by atoms with Crippen LogP contribution in [0.4, 0.5) is 11.4 Å². The lowest BCUT2D eigenvalue weighted by Crippen LogP contribution is -2.33. The monoisotopic (exact) mass is 438 g/mol. The molecule has 33 heavy (non-hydrogen) atoms. The first-order valence-corrected chi connectivity index (χ1v) is 12.0. The van der Waals surface area contributed by atoms with E-state index in [0.29, 0.717) is 6.42 Å². The predicted octanol–water partition coefficient (Wildman–Crippen LogP) is 5.93. The van der Waals surface area contributed by atoms with Gasteiger partial charge in [-0.25, -0.2) is 0 Å². The molecule has 3 aromatic rings. The van der Waals surface area contributed by atoms with Crippen molar-refractivity contribution in [1.82, 2.24) is 0 Å². The zero-order chi connectivity index (χ0) is 22.6. The van der Waals surface area contributed by atoms with Crippen molar-refractivity contribution in [3.63, 3.8) is 0 Å². The standard InChI is InChI=1S/C29H30N2O2/c32-28(20-26(21-9-3-1-4-10-21)22-11-5-2-6-12-22)30-25-16-15-23-17-18-31(27(23)19-25)29(33)24-13-7-8-14-24/h1-6,9-12,15-16,19,24,26H,7-8,13-14,17-18,20H2,(H,30,32). The summed E-state index contributed by atoms with van der Waals surface area (Å²) in [5.74, 6) is 0.372. The molecular formula is C29H30N2O2. The fourth-order valence-electron chi connectivity index (χ4n) is 5.28. The van der Waals surface area contributed by atoms with Crippen LogP contribution in [0.15, 0.2) is 78.9 Å². The molecule has 5 rings (SSSR count). The van der Waals surface area contributed by atoms with Gasteiger partial charge in [0.05, 0.1) is 0 Å². The minimum atomic E-state index is -0.0284. The molecule has 1 saturated carbocycles. The Labute approximate surface area is 195 Å². The molecule has 0 aromatic heterocycles. The van der Waals surface area contributed by atoms with Crippen LogP contribution in [0.25, 0.3) is 0 Å². The third-order valence-electron chi connectivity index (χ3n) is 7.03. The average Bonchev–Trinajstić information content (AvgIpc) is 3.54. The molecule has 2 aliphatic rings. The molecule has 0 bridgehead atoms. The highest BCUT2D eigenvalue weighted by atomic mass is 16.2. The summed E-state index contributed by atoms with van der Waals surface area (Å²) in [5.41, 5.74) is 5.16. The second kappa shape index (κ2) is 9.62. The van der Waals surface area contributed by atoms with Crippen molar-refractivity contribution in [3.05, 3.63) is 95.6 Å². The molecule has 3 aromatic carbocycles. The van der Waals surface area contributed by atoms with Gasteiger partial charge in [0.25, 0.3) is 0 Å². The zero-order valence-corrected chi connectivity index (χ0v) is 18.9. The average molecular weight is 439 g/mol. The number of benzene rings is 3. The van der Waals surface area contributed by atoms with Gasteiger partial charge in [0, 0.05) is 36.2 Å². The lowest BCUT2D eigenvalue weighted by molar-refractivity contribution is -0.122. The van der Waals surface area contributed by atoms with Crippen molar-refractivity contribution < 1.29 is 9.59 Å². The third kappa shape index (κ3) is 4.70. The SMILES string of the molecule is O=C(CC(c1ccccc1)c1ccccc1)Nc1ccc2c(c1)N(C(=O)C1CCCC1)CC2. The molecule has 0 atom stereocenters. The topological polar surface area (TPSA) is 49.4 Å². The minimum Gasteiger partial charge on any atom is -0.326 e. The number of carbonyl (C=O) groups excluding carboxylic acids is 2. The fourth-order valence-corrected chi connectivity index (χ4v) is 5.28. The van der Waals surface area contributed by atoms with Gasteiger partial charge in [0.2, 0.25) is 11.8 Å². The molecule has 168 valence electrons. The summed E-state index contributed by atoms with van der Waals surface area (Å²) in [4.78, 5) is 28.1. The molecule has 1 heterocycles. The van der Waals surface area contributed by atoms with E-state index in [-0.39, 0.29) is 23.7 Å². The maximum absolute atomic E-state index is 13.1. The van der Waals surface area contributed by atoms with E-state index in [1.165, 1.54) is 5.56 Å². The first-order chi connectivity index (χ1) is 16.2. The van der Waals surface area contributed by atoms with Crippen LogP contribution in [-0.4, -0.2) is 18.4 Å². The largest absolute Gasteiger partial charge is 0.326 e. The van der Waals surface area contributed by atoms with Gasteiger partial charge in [0.1, 0.15) is 0 Å². The number of nitrogens with one attached hydrogen (secondary N) is 1. The summed E-state index contributed by atoms with van der Waals surface area (Å²) < 4.78 is 0. The van der Waals surface area contributed by atoms with Crippen LogP contribution in [0.1, 0.15) is 54.7 Å². The molecule has 4 heteroatoms. The summed E-state index contributed by atoms with van der Waals surface area (Å²) in [6, 6.07) is 26.3. The van der Waals surface area contributed by atoms with E-state index in [9.17, 15) is 9.59 Å². The number of amides is 2. The molecule has 0 radical (unpaired) electrons. The summed E-state index contributed by atoms with van der Waals surface area (Å²) >= 11 is 0. The molecule has 4 nitrogen and oxygen atoms in total. The summed E-state index contributed by atoms with van der Waals surface area (Å²) in [5, 5.41) is 3.09. The Morgan fingerprint density at radius 2 is 1.52 bits per heavy atom. The Morgan fingerprint density at radius 1 is 0.879 bits per heavy atom. The molecule has 1 N–H and O–H groups in total. The predicted molar refractivity (Wildman–Crippen MR) is 132 cm³/mol. The van der Waals surface area contributed by atoms with E-state index < -0.39 is 0 Å². The Bertz CT molecular complexity index is 1080. The highest BCUT2D eigenvalue weighted by Gasteiger charge is 2.32. The van der Waals surface area contributed by atoms with Gasteiger partial charge in [-0.05, 0) is 48.1 Å². The zero-order valence-electron chi connectivity index (χ0n) is 18.9. The van der Waals surface area contributed by atoms with Gasteiger partial charge >= 0.3 is 0 Å². The van der Waals surface area contributed by atoms with E-state index in [2.05, 4.69) is 35.6 Å². The van der Waals surface area contributed by atoms with Gasteiger partial charge in [-0.1, -0.05) is 79.6 Å². The first-order valence-electron chi connectivity index (χ1n) is 12.0. The smallest absolute Gasteiger partial charge is 0.230 e. The van der Waals surface area contributed by atoms with E-state index in [4.69, 9.17) is 0 Å². The Hall–Kier alpha value is -3.40. The van der Waals surface area contributed by atoms with Crippen LogP contribution in [-0.2, 0) is 16.0 Å². The van der Waals surface area contributed by atoms with Crippen LogP contribution in [0, 0.1) is 5.92 Å². The normalized spacial score (nSPS) is 15.6. The number of hydrogen-bond donors (Lipinski definition) is 1. The Balaban J connectivity index is 1.32. The molecule has 1 aliphatic heterocycles. The van der Waals surface area contributed by atoms with Crippen LogP contribution in [0.2, 0.25) is 0 Å². The Kier molecular flexibility index (Phi) is 6.25. The van der Waals surface area contributed by atoms with E-state index in [1.807, 2.05) is 53.4 Å². The van der Waals surface area contributed by atoms with Gasteiger partial charge in [-0.2, -0.15) is 0 Å². The quantitative estimate of drug-likeness (QED) is 0.519. The highest BCUT2D eigenvalue weighted by molar-refractivity contribution is 5.99. The molecule has 1 aliphatic carbocycles. The van der Waals surface area contributed by atoms with Gasteiger partial charge in [-0.15, -0.1) is 0 Å². The molecular weight excluding hydrogens is 408 g/mol. The fraction of sp³-hybridized carbons (Fsp3) is 0.310. The number of hydrogen-bond acceptors (Lipinski definition) is 2. The van der Waals surface area contributed by atoms with Gasteiger partial charge in [0.15, 0.2) is 0 Å². The third-order valence-corrected chi connectivity index (χ3v) is 7.03. The summed E-state index contributed by atoms with van der Waals surface area (Å²) in [7, 11) is 0. The second-order valence-corrected chi connectivity index (χ2v) is 9.19. The molecule has 0 spiro atoms. The number of carbonyl (C=O) groups is 2. The lowest BCUT2D eigenvalue weighted by Gasteiger charge is -2.22. The van der Waals surface area contributed by atoms with E-state index >= 15 is 0 Å². The summed E-state index contributed by atoms with van der Waals surface area (Å²) in [6.45, 7) is 0.742. The molecule has 1 fully saturated rings. The van der Waals surface area contributed by atoms with E-state index in [1.54, 1.807) is 0 Å². The maximum Gasteiger partial charge on any atom is 0.230 e. The van der Waals surface area contributed by atoms with E-state index in [0.717, 1.165) is 61.2 Å². The van der Waals surface area contributed by atoms with Crippen molar-refractivity contribution in [2.24, 2.45) is 5.92 Å². The highest BCUT2D eigenvalue weighted by Crippen LogP contribution is 2.35. The maximum atomic E-state index is 13.1. The minimum absolute atomic E-state index is 0.0118. The second-order valence-electron chi connectivity index (χ2n) is 9.19. The number of fused-ring (bicyclic) bond motifs is 1. The van der Waals surface area contributed by atoms with Crippen LogP contribution in [0.5, 0.6) is 0 Å². The molecule has 0 unspecified atom stereocenters. The van der Waals surface area contributed by atoms with Crippen LogP contribution in [0.3, 0.4) is 0 Å². The van der Waals surface area contributed by atoms with Crippen molar-refractivity contribution in [2.75, 3.05) is 16.8 Å². The summed E-state index contributed by atoms with van der Waals surface area (Å²) in [6.07, 6.45) is 5.54. The van der Waals surface area contributed by atoms with Gasteiger partial charge in [-0.3, -0.25) is 9.59 Å². The van der Waals surface area contributed by atoms with Crippen molar-refractivity contribution >= 4 is 23.2 Å². The molecule has 0 saturated heterocycles. The number of rotatable bonds is 6.